The van der Waals surface area contributed by atoms with Crippen LogP contribution >= 0.6 is 23.1 Å². The van der Waals surface area contributed by atoms with Gasteiger partial charge in [0.1, 0.15) is 29.9 Å². The number of amides is 2. The number of thioether (sulfide) groups is 1. The SMILES string of the molecule is CO/N=C(\C(=O)N[C@H]1C(=O)N2C(C(=O)O)=C(C[n+]3cccc(-c4ccn[nH]4)c3)CS[C@@H]12)c1csc(N)n1. The summed E-state index contributed by atoms with van der Waals surface area (Å²) in [6.45, 7) is 0.278. The molecule has 2 aliphatic rings. The molecule has 0 spiro atoms. The van der Waals surface area contributed by atoms with Crippen LogP contribution in [0, 0.1) is 0 Å². The Morgan fingerprint density at radius 3 is 2.95 bits per heavy atom. The summed E-state index contributed by atoms with van der Waals surface area (Å²) in [6.07, 6.45) is 5.35. The number of nitrogens with one attached hydrogen (secondary N) is 2. The number of nitrogens with two attached hydrogens (primary N) is 1. The van der Waals surface area contributed by atoms with Crippen molar-refractivity contribution >= 4 is 51.7 Å². The molecule has 5 heterocycles. The van der Waals surface area contributed by atoms with E-state index in [4.69, 9.17) is 10.6 Å². The minimum atomic E-state index is -1.21. The second-order valence-electron chi connectivity index (χ2n) is 8.05. The molecule has 0 aliphatic carbocycles. The number of carbonyl (C=O) groups is 3. The van der Waals surface area contributed by atoms with Crippen molar-refractivity contribution in [3.8, 4) is 11.3 Å². The van der Waals surface area contributed by atoms with Gasteiger partial charge >= 0.3 is 5.97 Å². The van der Waals surface area contributed by atoms with Crippen LogP contribution in [0.4, 0.5) is 5.13 Å². The number of anilines is 1. The Kier molecular flexibility index (Phi) is 6.62. The average Bonchev–Trinajstić information content (AvgIpc) is 3.57. The first-order chi connectivity index (χ1) is 17.9. The number of thiazole rings is 1. The number of carbonyl (C=O) groups excluding carboxylic acids is 2. The lowest BCUT2D eigenvalue weighted by Gasteiger charge is -2.49. The summed E-state index contributed by atoms with van der Waals surface area (Å²) in [5.41, 5.74) is 7.96. The Morgan fingerprint density at radius 1 is 1.43 bits per heavy atom. The number of pyridine rings is 1. The number of nitrogens with zero attached hydrogens (tertiary/aromatic N) is 5. The number of rotatable bonds is 8. The highest BCUT2D eigenvalue weighted by Gasteiger charge is 2.54. The highest BCUT2D eigenvalue weighted by molar-refractivity contribution is 8.00. The van der Waals surface area contributed by atoms with Crippen LogP contribution in [-0.4, -0.2) is 73.0 Å². The van der Waals surface area contributed by atoms with E-state index in [0.29, 0.717) is 11.3 Å². The van der Waals surface area contributed by atoms with Crippen molar-refractivity contribution < 1.29 is 28.9 Å². The maximum atomic E-state index is 13.1. The van der Waals surface area contributed by atoms with Crippen molar-refractivity contribution in [3.63, 3.8) is 0 Å². The minimum absolute atomic E-state index is 0.0725. The molecule has 0 unspecified atom stereocenters. The Labute approximate surface area is 218 Å². The molecule has 1 fully saturated rings. The third-order valence-corrected chi connectivity index (χ3v) is 7.76. The molecule has 2 atom stereocenters. The van der Waals surface area contributed by atoms with Gasteiger partial charge in [0.05, 0.1) is 11.3 Å². The number of hydrogen-bond acceptors (Lipinski definition) is 10. The van der Waals surface area contributed by atoms with E-state index in [-0.39, 0.29) is 28.8 Å². The molecule has 3 aromatic heterocycles. The molecule has 3 aromatic rings. The maximum Gasteiger partial charge on any atom is 0.352 e. The van der Waals surface area contributed by atoms with Crippen molar-refractivity contribution in [1.82, 2.24) is 25.4 Å². The molecule has 15 heteroatoms. The van der Waals surface area contributed by atoms with Gasteiger partial charge in [-0.25, -0.2) is 14.3 Å². The molecular weight excluding hydrogens is 520 g/mol. The fraction of sp³-hybridized carbons (Fsp3) is 0.227. The standard InChI is InChI=1S/C22H20N8O5S2/c1-35-28-15(14-10-37-22(23)25-14)18(31)26-16-19(32)30-17(21(33)34)12(9-36-20(16)30)8-29-6-2-3-11(7-29)13-4-5-24-27-13/h2-7,10,16,20H,8-9H2,1H3,(H4-,23,24,25,26,27,31,33,34)/p+1/b28-15-/t16-,20-/m0/s1. The normalized spacial score (nSPS) is 19.3. The van der Waals surface area contributed by atoms with Gasteiger partial charge in [0.2, 0.25) is 0 Å². The Hall–Kier alpha value is -4.24. The first kappa shape index (κ1) is 24.5. The number of β-lactam (4-membered cyclic amide) rings is 1. The second kappa shape index (κ2) is 10.0. The van der Waals surface area contributed by atoms with Crippen LogP contribution in [-0.2, 0) is 25.8 Å². The zero-order valence-electron chi connectivity index (χ0n) is 19.3. The zero-order chi connectivity index (χ0) is 26.1. The highest BCUT2D eigenvalue weighted by atomic mass is 32.2. The molecule has 5 N–H and O–H groups in total. The van der Waals surface area contributed by atoms with Gasteiger partial charge in [-0.05, 0) is 12.1 Å². The van der Waals surface area contributed by atoms with Crippen LogP contribution in [0.5, 0.6) is 0 Å². The molecule has 0 radical (unpaired) electrons. The van der Waals surface area contributed by atoms with Crippen molar-refractivity contribution in [1.29, 1.82) is 0 Å². The number of aromatic nitrogens is 4. The molecule has 0 saturated carbocycles. The van der Waals surface area contributed by atoms with Crippen LogP contribution in [0.15, 0.2) is 58.6 Å². The van der Waals surface area contributed by atoms with Crippen LogP contribution in [0.1, 0.15) is 5.69 Å². The zero-order valence-corrected chi connectivity index (χ0v) is 21.0. The Balaban J connectivity index is 1.35. The van der Waals surface area contributed by atoms with Crippen LogP contribution < -0.4 is 15.6 Å². The topological polar surface area (TPSA) is 180 Å². The first-order valence-electron chi connectivity index (χ1n) is 10.9. The van der Waals surface area contributed by atoms with Gasteiger partial charge < -0.3 is 21.0 Å². The van der Waals surface area contributed by atoms with E-state index in [1.165, 1.54) is 23.8 Å². The number of hydrogen-bond donors (Lipinski definition) is 4. The van der Waals surface area contributed by atoms with E-state index in [0.717, 1.165) is 22.6 Å². The summed E-state index contributed by atoms with van der Waals surface area (Å²) in [5, 5.41) is 24.4. The van der Waals surface area contributed by atoms with E-state index < -0.39 is 29.2 Å². The summed E-state index contributed by atoms with van der Waals surface area (Å²) < 4.78 is 1.85. The summed E-state index contributed by atoms with van der Waals surface area (Å²) in [6, 6.07) is 4.67. The van der Waals surface area contributed by atoms with Gasteiger partial charge in [0.15, 0.2) is 29.8 Å². The van der Waals surface area contributed by atoms with E-state index in [2.05, 4.69) is 25.7 Å². The lowest BCUT2D eigenvalue weighted by Crippen LogP contribution is -2.71. The molecule has 2 aliphatic heterocycles. The molecule has 2 amide bonds. The van der Waals surface area contributed by atoms with Crippen LogP contribution in [0.3, 0.4) is 0 Å². The molecule has 5 rings (SSSR count). The monoisotopic (exact) mass is 541 g/mol. The fourth-order valence-electron chi connectivity index (χ4n) is 4.12. The lowest BCUT2D eigenvalue weighted by molar-refractivity contribution is -0.688. The molecule has 0 aromatic carbocycles. The number of carboxylic acid groups (broad SMARTS) is 1. The number of oxime groups is 1. The number of nitrogen functional groups attached to an aromatic ring is 1. The van der Waals surface area contributed by atoms with Gasteiger partial charge in [-0.15, -0.1) is 23.1 Å². The first-order valence-corrected chi connectivity index (χ1v) is 12.8. The number of fused-ring (bicyclic) bond motifs is 1. The number of carboxylic acids is 1. The van der Waals surface area contributed by atoms with E-state index >= 15 is 0 Å². The molecule has 190 valence electrons. The maximum absolute atomic E-state index is 13.1. The molecular formula is C22H21N8O5S2+. The van der Waals surface area contributed by atoms with Crippen molar-refractivity contribution in [3.05, 3.63) is 59.1 Å². The molecule has 13 nitrogen and oxygen atoms in total. The van der Waals surface area contributed by atoms with Crippen molar-refractivity contribution in [2.75, 3.05) is 18.6 Å². The predicted octanol–water partition coefficient (Wildman–Crippen LogP) is 0.192. The summed E-state index contributed by atoms with van der Waals surface area (Å²) in [4.78, 5) is 48.2. The van der Waals surface area contributed by atoms with E-state index in [9.17, 15) is 19.5 Å². The van der Waals surface area contributed by atoms with Crippen LogP contribution in [0.2, 0.25) is 0 Å². The number of aliphatic carboxylic acids is 1. The minimum Gasteiger partial charge on any atom is -0.477 e. The van der Waals surface area contributed by atoms with Gasteiger partial charge in [-0.3, -0.25) is 19.6 Å². The summed E-state index contributed by atoms with van der Waals surface area (Å²) >= 11 is 2.51. The van der Waals surface area contributed by atoms with Crippen molar-refractivity contribution in [2.45, 2.75) is 18.0 Å². The predicted molar refractivity (Wildman–Crippen MR) is 134 cm³/mol. The fourth-order valence-corrected chi connectivity index (χ4v) is 6.01. The third-order valence-electron chi connectivity index (χ3n) is 5.74. The van der Waals surface area contributed by atoms with Crippen molar-refractivity contribution in [2.24, 2.45) is 5.16 Å². The molecule has 1 saturated heterocycles. The quantitative estimate of drug-likeness (QED) is 0.134. The van der Waals surface area contributed by atoms with E-state index in [1.807, 2.05) is 35.2 Å². The van der Waals surface area contributed by atoms with E-state index in [1.54, 1.807) is 11.6 Å². The third kappa shape index (κ3) is 4.65. The largest absolute Gasteiger partial charge is 0.477 e. The van der Waals surface area contributed by atoms with Gasteiger partial charge in [0, 0.05) is 29.0 Å². The number of aromatic amines is 1. The number of H-pyrrole nitrogens is 1. The van der Waals surface area contributed by atoms with Gasteiger partial charge in [-0.2, -0.15) is 5.10 Å². The summed E-state index contributed by atoms with van der Waals surface area (Å²) in [5.74, 6) is -2.04. The van der Waals surface area contributed by atoms with Gasteiger partial charge in [-0.1, -0.05) is 5.16 Å². The lowest BCUT2D eigenvalue weighted by atomic mass is 10.0. The molecule has 0 bridgehead atoms. The van der Waals surface area contributed by atoms with Crippen LogP contribution in [0.25, 0.3) is 11.3 Å². The highest BCUT2D eigenvalue weighted by Crippen LogP contribution is 2.40. The smallest absolute Gasteiger partial charge is 0.352 e. The summed E-state index contributed by atoms with van der Waals surface area (Å²) in [7, 11) is 1.28. The second-order valence-corrected chi connectivity index (χ2v) is 10.0. The molecule has 37 heavy (non-hydrogen) atoms. The van der Waals surface area contributed by atoms with Gasteiger partial charge in [0.25, 0.3) is 11.8 Å². The average molecular weight is 542 g/mol. The Bertz CT molecular complexity index is 1430. The Morgan fingerprint density at radius 2 is 2.27 bits per heavy atom.